The number of fused-ring (bicyclic) bond motifs is 1. The number of nitrogens with zero attached hydrogens (tertiary/aromatic N) is 4. The number of hydrogen-bond donors (Lipinski definition) is 1. The maximum Gasteiger partial charge on any atom is 0.271 e. The number of benzene rings is 2. The van der Waals surface area contributed by atoms with Crippen molar-refractivity contribution in [3.63, 3.8) is 0 Å². The molecule has 0 radical (unpaired) electrons. The monoisotopic (exact) mass is 677 g/mol. The lowest BCUT2D eigenvalue weighted by molar-refractivity contribution is -0.113. The van der Waals surface area contributed by atoms with Crippen LogP contribution in [0.3, 0.4) is 0 Å². The highest BCUT2D eigenvalue weighted by molar-refractivity contribution is 9.10. The zero-order valence-corrected chi connectivity index (χ0v) is 26.1. The SMILES string of the molecule is CC1=C(C(=O)Nc2ccccc2)[C@H](c2ccc(Cl)cc2)n2c(s/c(=C/c3cc(Br)c(Sc4nccc(C)n4)o3)c2=O)=N1. The second-order valence-corrected chi connectivity index (χ2v) is 12.6. The molecule has 0 unspecified atom stereocenters. The third-order valence-electron chi connectivity index (χ3n) is 6.39. The van der Waals surface area contributed by atoms with E-state index in [1.807, 2.05) is 43.3 Å². The quantitative estimate of drug-likeness (QED) is 0.217. The van der Waals surface area contributed by atoms with Crippen molar-refractivity contribution in [2.45, 2.75) is 30.1 Å². The van der Waals surface area contributed by atoms with Gasteiger partial charge in [0.05, 0.1) is 26.3 Å². The van der Waals surface area contributed by atoms with Gasteiger partial charge in [0.2, 0.25) is 0 Å². The first-order chi connectivity index (χ1) is 20.3. The zero-order valence-electron chi connectivity index (χ0n) is 22.2. The largest absolute Gasteiger partial charge is 0.449 e. The van der Waals surface area contributed by atoms with Crippen molar-refractivity contribution in [1.82, 2.24) is 14.5 Å². The summed E-state index contributed by atoms with van der Waals surface area (Å²) in [5, 5.41) is 4.61. The molecule has 1 aliphatic rings. The molecule has 0 aliphatic carbocycles. The van der Waals surface area contributed by atoms with Gasteiger partial charge in [-0.2, -0.15) is 0 Å². The number of thiazole rings is 1. The van der Waals surface area contributed by atoms with Crippen LogP contribution in [0, 0.1) is 6.92 Å². The second-order valence-electron chi connectivity index (χ2n) is 9.32. The molecule has 2 aromatic carbocycles. The van der Waals surface area contributed by atoms with Crippen LogP contribution in [0.4, 0.5) is 5.69 Å². The number of para-hydroxylation sites is 1. The normalized spacial score (nSPS) is 15.0. The van der Waals surface area contributed by atoms with Gasteiger partial charge in [-0.3, -0.25) is 14.2 Å². The lowest BCUT2D eigenvalue weighted by atomic mass is 9.95. The van der Waals surface area contributed by atoms with E-state index in [0.29, 0.717) is 51.8 Å². The molecule has 1 atom stereocenters. The summed E-state index contributed by atoms with van der Waals surface area (Å²) in [4.78, 5) is 41.4. The van der Waals surface area contributed by atoms with Gasteiger partial charge in [0.15, 0.2) is 15.1 Å². The fraction of sp³-hybridized carbons (Fsp3) is 0.100. The van der Waals surface area contributed by atoms with E-state index in [4.69, 9.17) is 16.0 Å². The molecule has 1 N–H and O–H groups in total. The summed E-state index contributed by atoms with van der Waals surface area (Å²) in [7, 11) is 0. The van der Waals surface area contributed by atoms with Crippen LogP contribution < -0.4 is 20.2 Å². The lowest BCUT2D eigenvalue weighted by Crippen LogP contribution is -2.40. The van der Waals surface area contributed by atoms with Gasteiger partial charge in [0.1, 0.15) is 5.76 Å². The number of carbonyl (C=O) groups excluding carboxylic acids is 1. The average molecular weight is 679 g/mol. The number of amides is 1. The minimum atomic E-state index is -0.711. The highest BCUT2D eigenvalue weighted by Crippen LogP contribution is 2.35. The maximum absolute atomic E-state index is 13.9. The smallest absolute Gasteiger partial charge is 0.271 e. The predicted molar refractivity (Wildman–Crippen MR) is 168 cm³/mol. The van der Waals surface area contributed by atoms with E-state index < -0.39 is 6.04 Å². The van der Waals surface area contributed by atoms with Crippen LogP contribution in [0.5, 0.6) is 0 Å². The number of rotatable bonds is 6. The van der Waals surface area contributed by atoms with Crippen LogP contribution in [-0.2, 0) is 4.79 Å². The number of anilines is 1. The van der Waals surface area contributed by atoms with Crippen LogP contribution in [0.25, 0.3) is 6.08 Å². The molecular formula is C30H21BrClN5O3S2. The summed E-state index contributed by atoms with van der Waals surface area (Å²) in [6.45, 7) is 3.67. The van der Waals surface area contributed by atoms with Crippen LogP contribution in [0.1, 0.15) is 30.0 Å². The third-order valence-corrected chi connectivity index (χ3v) is 9.34. The first-order valence-corrected chi connectivity index (χ1v) is 15.5. The molecule has 8 nitrogen and oxygen atoms in total. The summed E-state index contributed by atoms with van der Waals surface area (Å²) in [5.41, 5.74) is 2.82. The van der Waals surface area contributed by atoms with Crippen molar-refractivity contribution < 1.29 is 9.21 Å². The Morgan fingerprint density at radius 2 is 1.90 bits per heavy atom. The average Bonchev–Trinajstić information content (AvgIpc) is 3.46. The Kier molecular flexibility index (Phi) is 8.00. The van der Waals surface area contributed by atoms with Crippen LogP contribution in [0.2, 0.25) is 5.02 Å². The minimum absolute atomic E-state index is 0.292. The molecular weight excluding hydrogens is 658 g/mol. The second kappa shape index (κ2) is 11.8. The van der Waals surface area contributed by atoms with Crippen LogP contribution in [0.15, 0.2) is 113 Å². The lowest BCUT2D eigenvalue weighted by Gasteiger charge is -2.25. The zero-order chi connectivity index (χ0) is 29.4. The van der Waals surface area contributed by atoms with E-state index in [-0.39, 0.29) is 11.5 Å². The first-order valence-electron chi connectivity index (χ1n) is 12.7. The number of aryl methyl sites for hydroxylation is 1. The Hall–Kier alpha value is -3.77. The topological polar surface area (TPSA) is 102 Å². The third kappa shape index (κ3) is 5.78. The molecule has 12 heteroatoms. The molecule has 3 aromatic heterocycles. The highest BCUT2D eigenvalue weighted by atomic mass is 79.9. The number of furan rings is 1. The molecule has 1 amide bonds. The minimum Gasteiger partial charge on any atom is -0.449 e. The maximum atomic E-state index is 13.9. The number of hydrogen-bond acceptors (Lipinski definition) is 8. The molecule has 0 bridgehead atoms. The molecule has 0 saturated carbocycles. The van der Waals surface area contributed by atoms with E-state index in [1.54, 1.807) is 54.1 Å². The van der Waals surface area contributed by atoms with Gasteiger partial charge < -0.3 is 9.73 Å². The van der Waals surface area contributed by atoms with Crippen LogP contribution in [-0.4, -0.2) is 20.4 Å². The van der Waals surface area contributed by atoms with Gasteiger partial charge in [-0.15, -0.1) is 0 Å². The number of halogens is 2. The van der Waals surface area contributed by atoms with Crippen LogP contribution >= 0.6 is 50.6 Å². The fourth-order valence-corrected chi connectivity index (χ4v) is 6.95. The summed E-state index contributed by atoms with van der Waals surface area (Å²) in [5.74, 6) is 0.134. The Balaban J connectivity index is 1.42. The number of allylic oxidation sites excluding steroid dienone is 1. The summed E-state index contributed by atoms with van der Waals surface area (Å²) >= 11 is 12.2. The van der Waals surface area contributed by atoms with Crippen molar-refractivity contribution in [2.24, 2.45) is 4.99 Å². The van der Waals surface area contributed by atoms with E-state index in [0.717, 1.165) is 11.3 Å². The van der Waals surface area contributed by atoms with Gasteiger partial charge >= 0.3 is 0 Å². The Morgan fingerprint density at radius 3 is 2.64 bits per heavy atom. The molecule has 0 fully saturated rings. The molecule has 210 valence electrons. The molecule has 6 rings (SSSR count). The Labute approximate surface area is 261 Å². The van der Waals surface area contributed by atoms with E-state index >= 15 is 0 Å². The standard InChI is InChI=1S/C30H21BrClN5O3S2/c1-16-12-13-33-29(34-16)42-28-22(31)14-21(40-28)15-23-27(39)37-25(18-8-10-19(32)11-9-18)24(17(2)35-30(37)41-23)26(38)36-20-6-4-3-5-7-20/h3-15,25H,1-2H3,(H,36,38)/b23-15+/t25-/m0/s1. The highest BCUT2D eigenvalue weighted by Gasteiger charge is 2.32. The number of carbonyl (C=O) groups is 1. The van der Waals surface area contributed by atoms with E-state index in [9.17, 15) is 9.59 Å². The summed E-state index contributed by atoms with van der Waals surface area (Å²) in [6, 6.07) is 19.2. The van der Waals surface area contributed by atoms with Crippen molar-refractivity contribution in [2.75, 3.05) is 5.32 Å². The molecule has 5 aromatic rings. The van der Waals surface area contributed by atoms with Gasteiger partial charge in [-0.25, -0.2) is 15.0 Å². The molecule has 1 aliphatic heterocycles. The van der Waals surface area contributed by atoms with Gasteiger partial charge in [0.25, 0.3) is 11.5 Å². The summed E-state index contributed by atoms with van der Waals surface area (Å²) < 4.78 is 8.72. The first kappa shape index (κ1) is 28.4. The van der Waals surface area contributed by atoms with Crippen molar-refractivity contribution in [1.29, 1.82) is 0 Å². The molecule has 0 saturated heterocycles. The number of aromatic nitrogens is 3. The predicted octanol–water partition coefficient (Wildman–Crippen LogP) is 6.13. The van der Waals surface area contributed by atoms with Crippen molar-refractivity contribution in [3.05, 3.63) is 130 Å². The fourth-order valence-electron chi connectivity index (χ4n) is 4.49. The van der Waals surface area contributed by atoms with E-state index in [2.05, 4.69) is 36.2 Å². The molecule has 4 heterocycles. The van der Waals surface area contributed by atoms with E-state index in [1.165, 1.54) is 23.1 Å². The molecule has 42 heavy (non-hydrogen) atoms. The Morgan fingerprint density at radius 1 is 1.14 bits per heavy atom. The van der Waals surface area contributed by atoms with Crippen molar-refractivity contribution in [3.8, 4) is 0 Å². The number of nitrogens with one attached hydrogen (secondary N) is 1. The van der Waals surface area contributed by atoms with Gasteiger partial charge in [-0.05, 0) is 83.5 Å². The molecule has 0 spiro atoms. The Bertz CT molecular complexity index is 2040. The van der Waals surface area contributed by atoms with Gasteiger partial charge in [-0.1, -0.05) is 53.3 Å². The summed E-state index contributed by atoms with van der Waals surface area (Å²) in [6.07, 6.45) is 3.37. The van der Waals surface area contributed by atoms with Crippen molar-refractivity contribution >= 4 is 68.3 Å². The van der Waals surface area contributed by atoms with Gasteiger partial charge in [0, 0.05) is 28.7 Å².